The van der Waals surface area contributed by atoms with E-state index in [4.69, 9.17) is 4.74 Å². The van der Waals surface area contributed by atoms with Gasteiger partial charge in [0.15, 0.2) is 0 Å². The fraction of sp³-hybridized carbons (Fsp3) is 0.611. The summed E-state index contributed by atoms with van der Waals surface area (Å²) in [5.41, 5.74) is 1.31. The minimum absolute atomic E-state index is 0.0196. The standard InChI is InChI=1S/C18H29N3O4S/c1-5-21(6-2)26(23,24)17-11-16(8-7-14(17)3)19-12-18(22)20-9-10-25-15(4)13-20/h7-8,11,15,19H,5-6,9-10,12-13H2,1-4H3. The maximum atomic E-state index is 12.8. The molecule has 1 heterocycles. The van der Waals surface area contributed by atoms with Crippen LogP contribution < -0.4 is 5.32 Å². The number of nitrogens with zero attached hydrogens (tertiary/aromatic N) is 2. The van der Waals surface area contributed by atoms with Gasteiger partial charge >= 0.3 is 0 Å². The lowest BCUT2D eigenvalue weighted by Gasteiger charge is -2.31. The van der Waals surface area contributed by atoms with Crippen LogP contribution in [0.4, 0.5) is 5.69 Å². The van der Waals surface area contributed by atoms with Crippen molar-refractivity contribution in [2.45, 2.75) is 38.7 Å². The second kappa shape index (κ2) is 8.83. The molecule has 0 aromatic heterocycles. The second-order valence-electron chi connectivity index (χ2n) is 6.44. The van der Waals surface area contributed by atoms with Gasteiger partial charge in [0.25, 0.3) is 0 Å². The molecule has 2 rings (SSSR count). The molecule has 0 aliphatic carbocycles. The lowest BCUT2D eigenvalue weighted by atomic mass is 10.2. The molecule has 0 bridgehead atoms. The van der Waals surface area contributed by atoms with E-state index in [0.717, 1.165) is 0 Å². The summed E-state index contributed by atoms with van der Waals surface area (Å²) in [7, 11) is -3.54. The van der Waals surface area contributed by atoms with Crippen LogP contribution in [0.5, 0.6) is 0 Å². The molecular weight excluding hydrogens is 354 g/mol. The van der Waals surface area contributed by atoms with Gasteiger partial charge in [0.2, 0.25) is 15.9 Å². The first-order valence-corrected chi connectivity index (χ1v) is 10.5. The van der Waals surface area contributed by atoms with Crippen LogP contribution in [0.25, 0.3) is 0 Å². The number of carbonyl (C=O) groups excluding carboxylic acids is 1. The maximum absolute atomic E-state index is 12.8. The molecule has 1 unspecified atom stereocenters. The molecule has 1 aromatic rings. The number of ether oxygens (including phenoxy) is 1. The SMILES string of the molecule is CCN(CC)S(=O)(=O)c1cc(NCC(=O)N2CCOC(C)C2)ccc1C. The molecule has 26 heavy (non-hydrogen) atoms. The molecule has 1 aromatic carbocycles. The Hall–Kier alpha value is -1.64. The molecule has 1 amide bonds. The van der Waals surface area contributed by atoms with Crippen LogP contribution in [0.1, 0.15) is 26.3 Å². The topological polar surface area (TPSA) is 79.0 Å². The van der Waals surface area contributed by atoms with Crippen LogP contribution in [-0.4, -0.2) is 69.0 Å². The molecule has 7 nitrogen and oxygen atoms in total. The average Bonchev–Trinajstić information content (AvgIpc) is 2.61. The first kappa shape index (κ1) is 20.7. The first-order valence-electron chi connectivity index (χ1n) is 9.03. The highest BCUT2D eigenvalue weighted by Crippen LogP contribution is 2.23. The first-order chi connectivity index (χ1) is 12.3. The van der Waals surface area contributed by atoms with Crippen LogP contribution in [0, 0.1) is 6.92 Å². The largest absolute Gasteiger partial charge is 0.376 e. The number of hydrogen-bond donors (Lipinski definition) is 1. The third-order valence-corrected chi connectivity index (χ3v) is 6.74. The number of carbonyl (C=O) groups is 1. The van der Waals surface area contributed by atoms with Gasteiger partial charge in [0, 0.05) is 31.9 Å². The van der Waals surface area contributed by atoms with Gasteiger partial charge < -0.3 is 15.0 Å². The number of rotatable bonds is 7. The maximum Gasteiger partial charge on any atom is 0.243 e. The Balaban J connectivity index is 2.11. The third-order valence-electron chi connectivity index (χ3n) is 4.55. The van der Waals surface area contributed by atoms with Crippen LogP contribution in [0.15, 0.2) is 23.1 Å². The van der Waals surface area contributed by atoms with Gasteiger partial charge in [-0.25, -0.2) is 8.42 Å². The van der Waals surface area contributed by atoms with E-state index in [-0.39, 0.29) is 23.5 Å². The van der Waals surface area contributed by atoms with E-state index >= 15 is 0 Å². The second-order valence-corrected chi connectivity index (χ2v) is 8.35. The molecule has 1 aliphatic rings. The van der Waals surface area contributed by atoms with Gasteiger partial charge in [0.1, 0.15) is 0 Å². The van der Waals surface area contributed by atoms with E-state index < -0.39 is 10.0 Å². The number of aryl methyl sites for hydroxylation is 1. The van der Waals surface area contributed by atoms with Gasteiger partial charge in [-0.1, -0.05) is 19.9 Å². The van der Waals surface area contributed by atoms with Crippen molar-refractivity contribution in [3.05, 3.63) is 23.8 Å². The van der Waals surface area contributed by atoms with Gasteiger partial charge in [-0.2, -0.15) is 4.31 Å². The van der Waals surface area contributed by atoms with Crippen molar-refractivity contribution in [1.82, 2.24) is 9.21 Å². The van der Waals surface area contributed by atoms with Crippen LogP contribution >= 0.6 is 0 Å². The molecule has 1 atom stereocenters. The van der Waals surface area contributed by atoms with E-state index in [1.165, 1.54) is 4.31 Å². The van der Waals surface area contributed by atoms with Gasteiger partial charge in [-0.05, 0) is 31.5 Å². The molecule has 0 radical (unpaired) electrons. The Kier molecular flexibility index (Phi) is 7.02. The van der Waals surface area contributed by atoms with Gasteiger partial charge in [0.05, 0.1) is 24.2 Å². The Labute approximate surface area is 156 Å². The average molecular weight is 384 g/mol. The van der Waals surface area contributed by atoms with Crippen molar-refractivity contribution in [2.75, 3.05) is 44.6 Å². The number of amides is 1. The lowest BCUT2D eigenvalue weighted by molar-refractivity contribution is -0.136. The van der Waals surface area contributed by atoms with E-state index in [1.54, 1.807) is 30.0 Å². The summed E-state index contributed by atoms with van der Waals surface area (Å²) in [5.74, 6) is -0.0196. The van der Waals surface area contributed by atoms with Crippen molar-refractivity contribution in [3.63, 3.8) is 0 Å². The quantitative estimate of drug-likeness (QED) is 0.775. The Morgan fingerprint density at radius 3 is 2.65 bits per heavy atom. The monoisotopic (exact) mass is 383 g/mol. The highest BCUT2D eigenvalue weighted by Gasteiger charge is 2.24. The molecule has 1 fully saturated rings. The fourth-order valence-corrected chi connectivity index (χ4v) is 4.73. The summed E-state index contributed by atoms with van der Waals surface area (Å²) in [5, 5.41) is 3.06. The Morgan fingerprint density at radius 2 is 2.04 bits per heavy atom. The predicted octanol–water partition coefficient (Wildman–Crippen LogP) is 1.68. The molecule has 1 aliphatic heterocycles. The van der Waals surface area contributed by atoms with Crippen LogP contribution in [-0.2, 0) is 19.6 Å². The number of nitrogens with one attached hydrogen (secondary N) is 1. The molecule has 1 N–H and O–H groups in total. The zero-order valence-electron chi connectivity index (χ0n) is 16.0. The summed E-state index contributed by atoms with van der Waals surface area (Å²) < 4.78 is 32.5. The van der Waals surface area contributed by atoms with E-state index in [0.29, 0.717) is 44.0 Å². The normalized spacial score (nSPS) is 18.2. The van der Waals surface area contributed by atoms with Crippen molar-refractivity contribution in [2.24, 2.45) is 0 Å². The molecule has 0 spiro atoms. The zero-order valence-corrected chi connectivity index (χ0v) is 16.8. The highest BCUT2D eigenvalue weighted by atomic mass is 32.2. The summed E-state index contributed by atoms with van der Waals surface area (Å²) in [6.07, 6.45) is 0.0397. The molecule has 146 valence electrons. The molecule has 0 saturated carbocycles. The predicted molar refractivity (Wildman–Crippen MR) is 102 cm³/mol. The molecule has 1 saturated heterocycles. The third kappa shape index (κ3) is 4.75. The summed E-state index contributed by atoms with van der Waals surface area (Å²) >= 11 is 0. The summed E-state index contributed by atoms with van der Waals surface area (Å²) in [4.78, 5) is 14.4. The fourth-order valence-electron chi connectivity index (χ4n) is 3.02. The van der Waals surface area contributed by atoms with Gasteiger partial charge in [-0.15, -0.1) is 0 Å². The number of sulfonamides is 1. The van der Waals surface area contributed by atoms with Crippen molar-refractivity contribution >= 4 is 21.6 Å². The zero-order chi connectivity index (χ0) is 19.3. The highest BCUT2D eigenvalue weighted by molar-refractivity contribution is 7.89. The van der Waals surface area contributed by atoms with E-state index in [1.807, 2.05) is 20.8 Å². The van der Waals surface area contributed by atoms with E-state index in [2.05, 4.69) is 5.32 Å². The Morgan fingerprint density at radius 1 is 1.35 bits per heavy atom. The minimum atomic E-state index is -3.54. The smallest absolute Gasteiger partial charge is 0.243 e. The van der Waals surface area contributed by atoms with Crippen LogP contribution in [0.2, 0.25) is 0 Å². The van der Waals surface area contributed by atoms with Crippen molar-refractivity contribution in [3.8, 4) is 0 Å². The number of benzene rings is 1. The summed E-state index contributed by atoms with van der Waals surface area (Å²) in [6.45, 7) is 10.0. The molecule has 8 heteroatoms. The summed E-state index contributed by atoms with van der Waals surface area (Å²) in [6, 6.07) is 5.17. The molecular formula is C18H29N3O4S. The van der Waals surface area contributed by atoms with Crippen molar-refractivity contribution < 1.29 is 17.9 Å². The number of anilines is 1. The Bertz CT molecular complexity index is 732. The van der Waals surface area contributed by atoms with E-state index in [9.17, 15) is 13.2 Å². The van der Waals surface area contributed by atoms with Crippen LogP contribution in [0.3, 0.4) is 0 Å². The van der Waals surface area contributed by atoms with Gasteiger partial charge in [-0.3, -0.25) is 4.79 Å². The van der Waals surface area contributed by atoms with Crippen molar-refractivity contribution in [1.29, 1.82) is 0 Å². The number of morpholine rings is 1. The number of hydrogen-bond acceptors (Lipinski definition) is 5. The minimum Gasteiger partial charge on any atom is -0.376 e. The lowest BCUT2D eigenvalue weighted by Crippen LogP contribution is -2.46.